The van der Waals surface area contributed by atoms with Crippen molar-refractivity contribution in [1.82, 2.24) is 15.3 Å². The molecule has 1 amide bonds. The van der Waals surface area contributed by atoms with Gasteiger partial charge in [-0.25, -0.2) is 9.97 Å². The number of carbonyl (C=O) groups is 1. The average molecular weight is 326 g/mol. The van der Waals surface area contributed by atoms with E-state index >= 15 is 0 Å². The summed E-state index contributed by atoms with van der Waals surface area (Å²) >= 11 is 0. The van der Waals surface area contributed by atoms with Crippen molar-refractivity contribution in [3.63, 3.8) is 0 Å². The Kier molecular flexibility index (Phi) is 5.61. The van der Waals surface area contributed by atoms with Gasteiger partial charge in [0.15, 0.2) is 0 Å². The number of anilines is 1. The Labute approximate surface area is 141 Å². The first-order chi connectivity index (χ1) is 11.8. The molecule has 2 heterocycles. The minimum Gasteiger partial charge on any atom is -0.493 e. The predicted molar refractivity (Wildman–Crippen MR) is 92.0 cm³/mol. The fraction of sp³-hybridized carbons (Fsp3) is 0.389. The molecule has 0 spiro atoms. The quantitative estimate of drug-likeness (QED) is 0.880. The van der Waals surface area contributed by atoms with Gasteiger partial charge in [0.25, 0.3) is 0 Å². The molecule has 2 aromatic rings. The lowest BCUT2D eigenvalue weighted by Crippen LogP contribution is -2.48. The molecule has 3 rings (SSSR count). The molecule has 126 valence electrons. The molecule has 6 nitrogen and oxygen atoms in total. The van der Waals surface area contributed by atoms with Gasteiger partial charge in [-0.3, -0.25) is 4.79 Å². The monoisotopic (exact) mass is 326 g/mol. The van der Waals surface area contributed by atoms with Crippen LogP contribution in [0, 0.1) is 0 Å². The van der Waals surface area contributed by atoms with Crippen molar-refractivity contribution in [3.05, 3.63) is 48.8 Å². The van der Waals surface area contributed by atoms with Gasteiger partial charge in [0.05, 0.1) is 13.0 Å². The van der Waals surface area contributed by atoms with E-state index in [0.717, 1.165) is 37.6 Å². The van der Waals surface area contributed by atoms with Crippen LogP contribution in [0.1, 0.15) is 19.3 Å². The van der Waals surface area contributed by atoms with Gasteiger partial charge in [0, 0.05) is 31.5 Å². The van der Waals surface area contributed by atoms with Crippen LogP contribution in [0.3, 0.4) is 0 Å². The molecule has 0 aliphatic carbocycles. The normalized spacial score (nSPS) is 17.3. The van der Waals surface area contributed by atoms with E-state index in [2.05, 4.69) is 20.2 Å². The molecule has 1 fully saturated rings. The Morgan fingerprint density at radius 2 is 2.00 bits per heavy atom. The second-order valence-electron chi connectivity index (χ2n) is 5.81. The van der Waals surface area contributed by atoms with E-state index in [-0.39, 0.29) is 11.9 Å². The molecule has 1 aromatic heterocycles. The molecule has 0 saturated carbocycles. The highest BCUT2D eigenvalue weighted by Crippen LogP contribution is 2.15. The van der Waals surface area contributed by atoms with Crippen molar-refractivity contribution in [2.75, 3.05) is 24.6 Å². The van der Waals surface area contributed by atoms with Gasteiger partial charge in [-0.1, -0.05) is 18.2 Å². The summed E-state index contributed by atoms with van der Waals surface area (Å²) in [4.78, 5) is 22.8. The lowest BCUT2D eigenvalue weighted by atomic mass is 10.1. The molecule has 0 radical (unpaired) electrons. The number of para-hydroxylation sites is 1. The maximum atomic E-state index is 12.1. The Morgan fingerprint density at radius 3 is 2.79 bits per heavy atom. The van der Waals surface area contributed by atoms with Crippen LogP contribution >= 0.6 is 0 Å². The van der Waals surface area contributed by atoms with Crippen LogP contribution in [-0.4, -0.2) is 41.6 Å². The van der Waals surface area contributed by atoms with E-state index in [0.29, 0.717) is 13.0 Å². The van der Waals surface area contributed by atoms with Crippen molar-refractivity contribution in [2.24, 2.45) is 0 Å². The maximum Gasteiger partial charge on any atom is 0.225 e. The van der Waals surface area contributed by atoms with E-state index < -0.39 is 0 Å². The second kappa shape index (κ2) is 8.29. The van der Waals surface area contributed by atoms with Gasteiger partial charge < -0.3 is 15.0 Å². The third-order valence-electron chi connectivity index (χ3n) is 3.96. The fourth-order valence-electron chi connectivity index (χ4n) is 2.81. The molecule has 1 aliphatic rings. The number of ether oxygens (including phenoxy) is 1. The van der Waals surface area contributed by atoms with Gasteiger partial charge in [0.2, 0.25) is 11.9 Å². The number of nitrogens with zero attached hydrogens (tertiary/aromatic N) is 3. The van der Waals surface area contributed by atoms with Crippen LogP contribution in [0.25, 0.3) is 0 Å². The average Bonchev–Trinajstić information content (AvgIpc) is 2.63. The number of piperidine rings is 1. The van der Waals surface area contributed by atoms with Gasteiger partial charge in [-0.15, -0.1) is 0 Å². The van der Waals surface area contributed by atoms with E-state index in [4.69, 9.17) is 4.74 Å². The zero-order valence-corrected chi connectivity index (χ0v) is 13.6. The minimum atomic E-state index is 0.0201. The third kappa shape index (κ3) is 4.68. The van der Waals surface area contributed by atoms with Crippen molar-refractivity contribution < 1.29 is 9.53 Å². The van der Waals surface area contributed by atoms with Crippen molar-refractivity contribution >= 4 is 11.9 Å². The highest BCUT2D eigenvalue weighted by Gasteiger charge is 2.22. The number of aromatic nitrogens is 2. The van der Waals surface area contributed by atoms with Crippen LogP contribution in [-0.2, 0) is 4.79 Å². The largest absolute Gasteiger partial charge is 0.493 e. The Hall–Kier alpha value is -2.63. The molecule has 1 atom stereocenters. The van der Waals surface area contributed by atoms with Crippen molar-refractivity contribution in [3.8, 4) is 5.75 Å². The molecule has 1 saturated heterocycles. The van der Waals surface area contributed by atoms with Gasteiger partial charge >= 0.3 is 0 Å². The Morgan fingerprint density at radius 1 is 1.21 bits per heavy atom. The van der Waals surface area contributed by atoms with Gasteiger partial charge in [0.1, 0.15) is 5.75 Å². The maximum absolute atomic E-state index is 12.1. The molecule has 0 bridgehead atoms. The minimum absolute atomic E-state index is 0.0201. The first kappa shape index (κ1) is 16.2. The topological polar surface area (TPSA) is 67.3 Å². The molecule has 0 unspecified atom stereocenters. The molecular formula is C18H22N4O2. The zero-order chi connectivity index (χ0) is 16.6. The first-order valence-electron chi connectivity index (χ1n) is 8.30. The summed E-state index contributed by atoms with van der Waals surface area (Å²) in [5.74, 6) is 1.53. The standard InChI is InChI=1S/C18H22N4O2/c23-17(9-13-24-16-7-2-1-3-8-16)21-15-6-4-12-22(14-15)18-19-10-5-11-20-18/h1-3,5,7-8,10-11,15H,4,6,9,12-14H2,(H,21,23)/t15-/m0/s1. The van der Waals surface area contributed by atoms with Crippen LogP contribution in [0.15, 0.2) is 48.8 Å². The summed E-state index contributed by atoms with van der Waals surface area (Å²) in [5.41, 5.74) is 0. The molecule has 24 heavy (non-hydrogen) atoms. The van der Waals surface area contributed by atoms with Crippen LogP contribution in [0.4, 0.5) is 5.95 Å². The first-order valence-corrected chi connectivity index (χ1v) is 8.30. The van der Waals surface area contributed by atoms with E-state index in [1.807, 2.05) is 30.3 Å². The van der Waals surface area contributed by atoms with Gasteiger partial charge in [-0.2, -0.15) is 0 Å². The summed E-state index contributed by atoms with van der Waals surface area (Å²) in [6.07, 6.45) is 5.84. The SMILES string of the molecule is O=C(CCOc1ccccc1)N[C@H]1CCCN(c2ncccn2)C1. The number of hydrogen-bond donors (Lipinski definition) is 1. The number of benzene rings is 1. The highest BCUT2D eigenvalue weighted by atomic mass is 16.5. The van der Waals surface area contributed by atoms with Crippen molar-refractivity contribution in [2.45, 2.75) is 25.3 Å². The summed E-state index contributed by atoms with van der Waals surface area (Å²) in [6.45, 7) is 2.05. The predicted octanol–water partition coefficient (Wildman–Crippen LogP) is 2.03. The number of carbonyl (C=O) groups excluding carboxylic acids is 1. The molecule has 1 N–H and O–H groups in total. The summed E-state index contributed by atoms with van der Waals surface area (Å²) in [7, 11) is 0. The summed E-state index contributed by atoms with van der Waals surface area (Å²) in [5, 5.41) is 3.09. The zero-order valence-electron chi connectivity index (χ0n) is 13.6. The fourth-order valence-corrected chi connectivity index (χ4v) is 2.81. The second-order valence-corrected chi connectivity index (χ2v) is 5.81. The summed E-state index contributed by atoms with van der Waals surface area (Å²) < 4.78 is 5.57. The smallest absolute Gasteiger partial charge is 0.225 e. The summed E-state index contributed by atoms with van der Waals surface area (Å²) in [6, 6.07) is 11.5. The Balaban J connectivity index is 1.42. The number of hydrogen-bond acceptors (Lipinski definition) is 5. The van der Waals surface area contributed by atoms with Crippen LogP contribution < -0.4 is 15.0 Å². The number of rotatable bonds is 6. The number of amides is 1. The van der Waals surface area contributed by atoms with Crippen LogP contribution in [0.2, 0.25) is 0 Å². The molecular weight excluding hydrogens is 304 g/mol. The van der Waals surface area contributed by atoms with Crippen molar-refractivity contribution in [1.29, 1.82) is 0 Å². The highest BCUT2D eigenvalue weighted by molar-refractivity contribution is 5.76. The lowest BCUT2D eigenvalue weighted by molar-refractivity contribution is -0.122. The Bertz CT molecular complexity index is 636. The number of nitrogens with one attached hydrogen (secondary N) is 1. The molecule has 1 aliphatic heterocycles. The van der Waals surface area contributed by atoms with E-state index in [1.54, 1.807) is 18.5 Å². The van der Waals surface area contributed by atoms with Gasteiger partial charge in [-0.05, 0) is 31.0 Å². The van der Waals surface area contributed by atoms with E-state index in [1.165, 1.54) is 0 Å². The lowest BCUT2D eigenvalue weighted by Gasteiger charge is -2.33. The van der Waals surface area contributed by atoms with Crippen LogP contribution in [0.5, 0.6) is 5.75 Å². The molecule has 6 heteroatoms. The van der Waals surface area contributed by atoms with E-state index in [9.17, 15) is 4.79 Å². The third-order valence-corrected chi connectivity index (χ3v) is 3.96. The molecule has 1 aromatic carbocycles.